The minimum atomic E-state index is -0.813. The van der Waals surface area contributed by atoms with Gasteiger partial charge in [-0.05, 0) is 6.92 Å². The van der Waals surface area contributed by atoms with Crippen molar-refractivity contribution in [1.82, 2.24) is 0 Å². The van der Waals surface area contributed by atoms with Crippen LogP contribution in [-0.2, 0) is 0 Å². The lowest BCUT2D eigenvalue weighted by Gasteiger charge is -2.11. The SMILES string of the molecule is C/C=C/CC(C)(C)[N+](=O)[O-]. The molecule has 0 aromatic rings. The molecule has 10 heavy (non-hydrogen) atoms. The van der Waals surface area contributed by atoms with Gasteiger partial charge in [-0.2, -0.15) is 0 Å². The van der Waals surface area contributed by atoms with Crippen molar-refractivity contribution < 1.29 is 4.92 Å². The summed E-state index contributed by atoms with van der Waals surface area (Å²) in [5.41, 5.74) is -0.813. The first-order valence-electron chi connectivity index (χ1n) is 3.26. The molecule has 0 aliphatic carbocycles. The van der Waals surface area contributed by atoms with Gasteiger partial charge in [0, 0.05) is 25.2 Å². The van der Waals surface area contributed by atoms with Gasteiger partial charge in [0.05, 0.1) is 0 Å². The summed E-state index contributed by atoms with van der Waals surface area (Å²) in [6.07, 6.45) is 4.13. The highest BCUT2D eigenvalue weighted by Gasteiger charge is 2.28. The quantitative estimate of drug-likeness (QED) is 0.344. The van der Waals surface area contributed by atoms with Crippen molar-refractivity contribution in [2.45, 2.75) is 32.7 Å². The number of hydrogen-bond donors (Lipinski definition) is 0. The van der Waals surface area contributed by atoms with Crippen LogP contribution in [0.5, 0.6) is 0 Å². The monoisotopic (exact) mass is 143 g/mol. The van der Waals surface area contributed by atoms with Crippen LogP contribution >= 0.6 is 0 Å². The third-order valence-corrected chi connectivity index (χ3v) is 1.35. The first-order valence-corrected chi connectivity index (χ1v) is 3.26. The van der Waals surface area contributed by atoms with Gasteiger partial charge in [-0.15, -0.1) is 0 Å². The molecule has 0 fully saturated rings. The van der Waals surface area contributed by atoms with Gasteiger partial charge in [-0.3, -0.25) is 10.1 Å². The van der Waals surface area contributed by atoms with E-state index in [2.05, 4.69) is 0 Å². The molecule has 0 N–H and O–H groups in total. The lowest BCUT2D eigenvalue weighted by molar-refractivity contribution is -0.559. The molecule has 0 amide bonds. The van der Waals surface area contributed by atoms with E-state index in [1.165, 1.54) is 0 Å². The smallest absolute Gasteiger partial charge is 0.220 e. The van der Waals surface area contributed by atoms with Gasteiger partial charge in [0.2, 0.25) is 5.54 Å². The van der Waals surface area contributed by atoms with Crippen LogP contribution in [0.3, 0.4) is 0 Å². The number of rotatable bonds is 3. The van der Waals surface area contributed by atoms with Crippen molar-refractivity contribution in [3.8, 4) is 0 Å². The van der Waals surface area contributed by atoms with E-state index in [-0.39, 0.29) is 4.92 Å². The van der Waals surface area contributed by atoms with Gasteiger partial charge < -0.3 is 0 Å². The molecule has 0 aromatic heterocycles. The first kappa shape index (κ1) is 9.14. The Kier molecular flexibility index (Phi) is 3.06. The van der Waals surface area contributed by atoms with Crippen molar-refractivity contribution in [3.63, 3.8) is 0 Å². The van der Waals surface area contributed by atoms with Crippen molar-refractivity contribution in [3.05, 3.63) is 22.3 Å². The summed E-state index contributed by atoms with van der Waals surface area (Å²) >= 11 is 0. The fraction of sp³-hybridized carbons (Fsp3) is 0.714. The van der Waals surface area contributed by atoms with Crippen LogP contribution in [0.2, 0.25) is 0 Å². The zero-order valence-electron chi connectivity index (χ0n) is 6.63. The average Bonchev–Trinajstić information content (AvgIpc) is 1.84. The van der Waals surface area contributed by atoms with Crippen LogP contribution in [-0.4, -0.2) is 10.5 Å². The van der Waals surface area contributed by atoms with Gasteiger partial charge in [0.1, 0.15) is 0 Å². The van der Waals surface area contributed by atoms with E-state index in [1.807, 2.05) is 19.1 Å². The highest BCUT2D eigenvalue weighted by Crippen LogP contribution is 2.12. The summed E-state index contributed by atoms with van der Waals surface area (Å²) < 4.78 is 0. The molecule has 0 atom stereocenters. The molecule has 0 radical (unpaired) electrons. The van der Waals surface area contributed by atoms with E-state index in [1.54, 1.807) is 13.8 Å². The van der Waals surface area contributed by atoms with E-state index in [9.17, 15) is 10.1 Å². The minimum absolute atomic E-state index is 0.257. The van der Waals surface area contributed by atoms with E-state index in [0.29, 0.717) is 6.42 Å². The second kappa shape index (κ2) is 3.34. The average molecular weight is 143 g/mol. The summed E-state index contributed by atoms with van der Waals surface area (Å²) in [4.78, 5) is 10.0. The summed E-state index contributed by atoms with van der Waals surface area (Å²) in [5, 5.41) is 10.3. The van der Waals surface area contributed by atoms with E-state index in [4.69, 9.17) is 0 Å². The molecule has 58 valence electrons. The Balaban J connectivity index is 3.99. The Bertz CT molecular complexity index is 150. The fourth-order valence-electron chi connectivity index (χ4n) is 0.481. The van der Waals surface area contributed by atoms with E-state index in [0.717, 1.165) is 0 Å². The minimum Gasteiger partial charge on any atom is -0.264 e. The Hall–Kier alpha value is -0.860. The first-order chi connectivity index (χ1) is 4.50. The summed E-state index contributed by atoms with van der Waals surface area (Å²) in [6.45, 7) is 5.09. The Morgan fingerprint density at radius 1 is 1.60 bits per heavy atom. The number of nitro groups is 1. The maximum Gasteiger partial charge on any atom is 0.220 e. The van der Waals surface area contributed by atoms with Crippen LogP contribution in [0.1, 0.15) is 27.2 Å². The molecule has 0 saturated heterocycles. The second-order valence-electron chi connectivity index (χ2n) is 2.84. The zero-order chi connectivity index (χ0) is 8.20. The van der Waals surface area contributed by atoms with Crippen molar-refractivity contribution in [1.29, 1.82) is 0 Å². The lowest BCUT2D eigenvalue weighted by atomic mass is 10.0. The van der Waals surface area contributed by atoms with Crippen molar-refractivity contribution in [2.75, 3.05) is 0 Å². The van der Waals surface area contributed by atoms with Crippen LogP contribution in [0.4, 0.5) is 0 Å². The maximum absolute atomic E-state index is 10.3. The van der Waals surface area contributed by atoms with Gasteiger partial charge >= 0.3 is 0 Å². The lowest BCUT2D eigenvalue weighted by Crippen LogP contribution is -2.29. The molecule has 3 heteroatoms. The van der Waals surface area contributed by atoms with Crippen LogP contribution in [0, 0.1) is 10.1 Å². The molecule has 0 aliphatic heterocycles. The topological polar surface area (TPSA) is 43.1 Å². The van der Waals surface area contributed by atoms with Gasteiger partial charge in [0.15, 0.2) is 0 Å². The van der Waals surface area contributed by atoms with Crippen LogP contribution in [0.25, 0.3) is 0 Å². The van der Waals surface area contributed by atoms with E-state index >= 15 is 0 Å². The molecule has 0 rings (SSSR count). The largest absolute Gasteiger partial charge is 0.264 e. The van der Waals surface area contributed by atoms with Gasteiger partial charge in [-0.1, -0.05) is 12.2 Å². The van der Waals surface area contributed by atoms with Crippen molar-refractivity contribution in [2.24, 2.45) is 0 Å². The fourth-order valence-corrected chi connectivity index (χ4v) is 0.481. The third kappa shape index (κ3) is 2.62. The molecule has 0 aromatic carbocycles. The van der Waals surface area contributed by atoms with Crippen molar-refractivity contribution >= 4 is 0 Å². The summed E-state index contributed by atoms with van der Waals surface area (Å²) in [5.74, 6) is 0. The second-order valence-corrected chi connectivity index (χ2v) is 2.84. The molecular weight excluding hydrogens is 130 g/mol. The summed E-state index contributed by atoms with van der Waals surface area (Å²) in [7, 11) is 0. The Labute approximate surface area is 60.9 Å². The number of hydrogen-bond acceptors (Lipinski definition) is 2. The standard InChI is InChI=1S/C7H13NO2/c1-4-5-6-7(2,3)8(9)10/h4-5H,6H2,1-3H3/b5-4+. The highest BCUT2D eigenvalue weighted by atomic mass is 16.6. The number of allylic oxidation sites excluding steroid dienone is 1. The summed E-state index contributed by atoms with van der Waals surface area (Å²) in [6, 6.07) is 0. The zero-order valence-corrected chi connectivity index (χ0v) is 6.63. The molecule has 0 saturated carbocycles. The Morgan fingerprint density at radius 3 is 2.40 bits per heavy atom. The molecular formula is C7H13NO2. The number of nitrogens with zero attached hydrogens (tertiary/aromatic N) is 1. The Morgan fingerprint density at radius 2 is 2.10 bits per heavy atom. The van der Waals surface area contributed by atoms with E-state index < -0.39 is 5.54 Å². The highest BCUT2D eigenvalue weighted by molar-refractivity contribution is 4.84. The molecule has 3 nitrogen and oxygen atoms in total. The molecule has 0 bridgehead atoms. The predicted molar refractivity (Wildman–Crippen MR) is 40.5 cm³/mol. The van der Waals surface area contributed by atoms with Crippen LogP contribution in [0.15, 0.2) is 12.2 Å². The van der Waals surface area contributed by atoms with Gasteiger partial charge in [0.25, 0.3) is 0 Å². The normalized spacial score (nSPS) is 12.3. The van der Waals surface area contributed by atoms with Gasteiger partial charge in [-0.25, -0.2) is 0 Å². The van der Waals surface area contributed by atoms with Crippen LogP contribution < -0.4 is 0 Å². The predicted octanol–water partition coefficient (Wildman–Crippen LogP) is 2.01. The maximum atomic E-state index is 10.3. The molecule has 0 spiro atoms. The molecule has 0 unspecified atom stereocenters. The molecule has 0 aliphatic rings. The third-order valence-electron chi connectivity index (χ3n) is 1.35. The molecule has 0 heterocycles.